The summed E-state index contributed by atoms with van der Waals surface area (Å²) in [7, 11) is 2.01. The molecule has 0 aromatic carbocycles. The zero-order valence-electron chi connectivity index (χ0n) is 12.2. The van der Waals surface area contributed by atoms with E-state index in [2.05, 4.69) is 18.9 Å². The Morgan fingerprint density at radius 1 is 0.952 bits per heavy atom. The Morgan fingerprint density at radius 2 is 1.43 bits per heavy atom. The summed E-state index contributed by atoms with van der Waals surface area (Å²) in [6.45, 7) is 3.01. The predicted octanol–water partition coefficient (Wildman–Crippen LogP) is -0.179. The largest absolute Gasteiger partial charge is 0.467 e. The SMILES string of the molecule is CCOC(=O)NN(C(=O)OCC)C(C(=O)OC)C(=O)OC. The molecule has 0 radical (unpaired) electrons. The lowest BCUT2D eigenvalue weighted by Crippen LogP contribution is -2.58. The molecule has 0 rings (SSSR count). The fourth-order valence-corrected chi connectivity index (χ4v) is 1.20. The molecule has 21 heavy (non-hydrogen) atoms. The van der Waals surface area contributed by atoms with Gasteiger partial charge >= 0.3 is 24.1 Å². The summed E-state index contributed by atoms with van der Waals surface area (Å²) >= 11 is 0. The van der Waals surface area contributed by atoms with Gasteiger partial charge < -0.3 is 18.9 Å². The summed E-state index contributed by atoms with van der Waals surface area (Å²) in [5.74, 6) is -2.24. The Kier molecular flexibility index (Phi) is 8.27. The first-order valence-electron chi connectivity index (χ1n) is 5.97. The van der Waals surface area contributed by atoms with E-state index in [4.69, 9.17) is 0 Å². The van der Waals surface area contributed by atoms with Crippen LogP contribution in [0.5, 0.6) is 0 Å². The first-order chi connectivity index (χ1) is 9.92. The Balaban J connectivity index is 5.37. The smallest absolute Gasteiger partial charge is 0.430 e. The van der Waals surface area contributed by atoms with Crippen molar-refractivity contribution < 1.29 is 38.1 Å². The third kappa shape index (κ3) is 5.55. The number of hydrazine groups is 1. The number of esters is 2. The highest BCUT2D eigenvalue weighted by atomic mass is 16.6. The molecule has 10 nitrogen and oxygen atoms in total. The minimum Gasteiger partial charge on any atom is -0.467 e. The number of methoxy groups -OCH3 is 2. The molecular weight excluding hydrogens is 288 g/mol. The molecule has 0 aromatic rings. The molecule has 0 aliphatic rings. The van der Waals surface area contributed by atoms with E-state index >= 15 is 0 Å². The van der Waals surface area contributed by atoms with E-state index in [1.165, 1.54) is 13.8 Å². The van der Waals surface area contributed by atoms with Crippen LogP contribution < -0.4 is 5.43 Å². The number of nitrogens with one attached hydrogen (secondary N) is 1. The molecule has 1 N–H and O–H groups in total. The minimum atomic E-state index is -1.86. The molecule has 0 bridgehead atoms. The molecule has 0 saturated heterocycles. The van der Waals surface area contributed by atoms with E-state index in [9.17, 15) is 19.2 Å². The maximum absolute atomic E-state index is 11.8. The van der Waals surface area contributed by atoms with Gasteiger partial charge in [0, 0.05) is 0 Å². The average molecular weight is 306 g/mol. The van der Waals surface area contributed by atoms with Gasteiger partial charge in [0.25, 0.3) is 6.04 Å². The first-order valence-corrected chi connectivity index (χ1v) is 5.97. The van der Waals surface area contributed by atoms with Gasteiger partial charge in [-0.1, -0.05) is 0 Å². The molecule has 0 fully saturated rings. The van der Waals surface area contributed by atoms with Crippen molar-refractivity contribution in [1.82, 2.24) is 10.4 Å². The monoisotopic (exact) mass is 306 g/mol. The molecular formula is C11H18N2O8. The maximum atomic E-state index is 11.8. The van der Waals surface area contributed by atoms with Gasteiger partial charge in [-0.2, -0.15) is 5.01 Å². The number of rotatable bonds is 5. The minimum absolute atomic E-state index is 0.0175. The number of hydrogen-bond acceptors (Lipinski definition) is 8. The number of carbonyl (C=O) groups is 4. The van der Waals surface area contributed by atoms with Crippen molar-refractivity contribution in [1.29, 1.82) is 0 Å². The van der Waals surface area contributed by atoms with Crippen molar-refractivity contribution in [3.05, 3.63) is 0 Å². The Bertz CT molecular complexity index is 382. The molecule has 0 unspecified atom stereocenters. The summed E-state index contributed by atoms with van der Waals surface area (Å²) in [4.78, 5) is 46.5. The lowest BCUT2D eigenvalue weighted by Gasteiger charge is -2.26. The molecule has 0 spiro atoms. The van der Waals surface area contributed by atoms with Crippen LogP contribution in [0.3, 0.4) is 0 Å². The van der Waals surface area contributed by atoms with Gasteiger partial charge in [-0.3, -0.25) is 0 Å². The lowest BCUT2D eigenvalue weighted by atomic mass is 10.3. The average Bonchev–Trinajstić information content (AvgIpc) is 2.46. The van der Waals surface area contributed by atoms with Crippen LogP contribution in [-0.4, -0.2) is 62.6 Å². The van der Waals surface area contributed by atoms with Crippen LogP contribution in [0.15, 0.2) is 0 Å². The summed E-state index contributed by atoms with van der Waals surface area (Å²) < 4.78 is 18.0. The zero-order chi connectivity index (χ0) is 16.4. The second-order valence-corrected chi connectivity index (χ2v) is 3.35. The quantitative estimate of drug-likeness (QED) is 0.321. The lowest BCUT2D eigenvalue weighted by molar-refractivity contribution is -0.161. The Morgan fingerprint density at radius 3 is 1.81 bits per heavy atom. The Hall–Kier alpha value is -2.52. The number of carbonyl (C=O) groups excluding carboxylic acids is 4. The highest BCUT2D eigenvalue weighted by Gasteiger charge is 2.40. The number of ether oxygens (including phenoxy) is 4. The van der Waals surface area contributed by atoms with Gasteiger partial charge in [0.15, 0.2) is 0 Å². The summed E-state index contributed by atoms with van der Waals surface area (Å²) in [6, 6.07) is -1.86. The van der Waals surface area contributed by atoms with E-state index < -0.39 is 30.2 Å². The van der Waals surface area contributed by atoms with Crippen molar-refractivity contribution in [2.24, 2.45) is 0 Å². The van der Waals surface area contributed by atoms with Crippen LogP contribution in [0.1, 0.15) is 13.8 Å². The second kappa shape index (κ2) is 9.39. The summed E-state index contributed by atoms with van der Waals surface area (Å²) in [5.41, 5.74) is 1.93. The zero-order valence-corrected chi connectivity index (χ0v) is 12.2. The van der Waals surface area contributed by atoms with Crippen LogP contribution in [0.4, 0.5) is 9.59 Å². The molecule has 0 aromatic heterocycles. The van der Waals surface area contributed by atoms with E-state index in [-0.39, 0.29) is 13.2 Å². The summed E-state index contributed by atoms with van der Waals surface area (Å²) in [6.07, 6.45) is -2.20. The predicted molar refractivity (Wildman–Crippen MR) is 66.8 cm³/mol. The standard InChI is InChI=1S/C11H18N2O8/c1-5-20-10(16)12-13(11(17)21-6-2)7(8(14)18-3)9(15)19-4/h7H,5-6H2,1-4H3,(H,12,16). The first kappa shape index (κ1) is 18.5. The third-order valence-electron chi connectivity index (χ3n) is 2.06. The molecule has 0 aliphatic heterocycles. The molecule has 0 atom stereocenters. The van der Waals surface area contributed by atoms with Crippen LogP contribution in [-0.2, 0) is 28.5 Å². The fourth-order valence-electron chi connectivity index (χ4n) is 1.20. The van der Waals surface area contributed by atoms with E-state index in [0.29, 0.717) is 5.01 Å². The van der Waals surface area contributed by atoms with E-state index in [0.717, 1.165) is 14.2 Å². The highest BCUT2D eigenvalue weighted by Crippen LogP contribution is 2.05. The van der Waals surface area contributed by atoms with Gasteiger partial charge in [0.2, 0.25) is 0 Å². The van der Waals surface area contributed by atoms with Crippen LogP contribution in [0, 0.1) is 0 Å². The van der Waals surface area contributed by atoms with Crippen molar-refractivity contribution in [2.75, 3.05) is 27.4 Å². The number of amides is 2. The highest BCUT2D eigenvalue weighted by molar-refractivity contribution is 6.01. The van der Waals surface area contributed by atoms with Crippen molar-refractivity contribution in [3.63, 3.8) is 0 Å². The molecule has 0 saturated carbocycles. The van der Waals surface area contributed by atoms with Crippen LogP contribution >= 0.6 is 0 Å². The van der Waals surface area contributed by atoms with Gasteiger partial charge in [-0.15, -0.1) is 0 Å². The van der Waals surface area contributed by atoms with Crippen molar-refractivity contribution in [2.45, 2.75) is 19.9 Å². The summed E-state index contributed by atoms with van der Waals surface area (Å²) in [5, 5.41) is 0.346. The normalized spacial score (nSPS) is 9.57. The number of hydrogen-bond donors (Lipinski definition) is 1. The molecule has 0 heterocycles. The third-order valence-corrected chi connectivity index (χ3v) is 2.06. The second-order valence-electron chi connectivity index (χ2n) is 3.35. The maximum Gasteiger partial charge on any atom is 0.430 e. The van der Waals surface area contributed by atoms with Crippen molar-refractivity contribution in [3.8, 4) is 0 Å². The van der Waals surface area contributed by atoms with Gasteiger partial charge in [0.05, 0.1) is 27.4 Å². The molecule has 0 aliphatic carbocycles. The van der Waals surface area contributed by atoms with Gasteiger partial charge in [-0.25, -0.2) is 24.6 Å². The number of nitrogens with zero attached hydrogens (tertiary/aromatic N) is 1. The fraction of sp³-hybridized carbons (Fsp3) is 0.636. The van der Waals surface area contributed by atoms with Gasteiger partial charge in [-0.05, 0) is 13.8 Å². The van der Waals surface area contributed by atoms with Crippen LogP contribution in [0.25, 0.3) is 0 Å². The van der Waals surface area contributed by atoms with E-state index in [1.54, 1.807) is 0 Å². The molecule has 2 amide bonds. The molecule has 10 heteroatoms. The van der Waals surface area contributed by atoms with E-state index in [1.807, 2.05) is 5.43 Å². The van der Waals surface area contributed by atoms with Gasteiger partial charge in [0.1, 0.15) is 0 Å². The molecule has 120 valence electrons. The Labute approximate surface area is 121 Å². The van der Waals surface area contributed by atoms with Crippen molar-refractivity contribution >= 4 is 24.1 Å². The van der Waals surface area contributed by atoms with Crippen LogP contribution in [0.2, 0.25) is 0 Å². The topological polar surface area (TPSA) is 120 Å².